The number of fused-ring (bicyclic) bond motifs is 1. The Kier molecular flexibility index (Phi) is 4.25. The minimum absolute atomic E-state index is 0.0480. The number of hydrogen-bond donors (Lipinski definition) is 2. The van der Waals surface area contributed by atoms with Crippen LogP contribution in [0.4, 0.5) is 0 Å². The van der Waals surface area contributed by atoms with Gasteiger partial charge < -0.3 is 14.6 Å². The summed E-state index contributed by atoms with van der Waals surface area (Å²) in [5.41, 5.74) is -1.65. The molecule has 25 heavy (non-hydrogen) atoms. The van der Waals surface area contributed by atoms with Crippen molar-refractivity contribution in [1.29, 1.82) is 0 Å². The van der Waals surface area contributed by atoms with E-state index in [9.17, 15) is 19.5 Å². The van der Waals surface area contributed by atoms with E-state index in [0.717, 1.165) is 10.6 Å². The number of aromatic hydroxyl groups is 1. The molecule has 1 aliphatic rings. The molecule has 3 rings (SSSR count). The monoisotopic (exact) mass is 342 g/mol. The number of nitrogens with zero attached hydrogens (tertiary/aromatic N) is 1. The first-order valence-electron chi connectivity index (χ1n) is 7.30. The molecule has 0 aliphatic carbocycles. The lowest BCUT2D eigenvalue weighted by Crippen LogP contribution is -2.33. The molecule has 8 nitrogen and oxygen atoms in total. The third-order valence-electron chi connectivity index (χ3n) is 3.55. The van der Waals surface area contributed by atoms with Crippen LogP contribution in [0.1, 0.15) is 15.9 Å². The van der Waals surface area contributed by atoms with E-state index in [1.807, 2.05) is 4.98 Å². The maximum Gasteiger partial charge on any atom is 0.331 e. The van der Waals surface area contributed by atoms with Crippen molar-refractivity contribution in [3.05, 3.63) is 68.9 Å². The summed E-state index contributed by atoms with van der Waals surface area (Å²) in [7, 11) is 0. The maximum atomic E-state index is 12.3. The molecule has 0 atom stereocenters. The van der Waals surface area contributed by atoms with Crippen LogP contribution in [-0.4, -0.2) is 27.2 Å². The van der Waals surface area contributed by atoms with Gasteiger partial charge in [-0.25, -0.2) is 4.79 Å². The number of aromatic amines is 1. The molecule has 1 aliphatic heterocycles. The fourth-order valence-corrected chi connectivity index (χ4v) is 2.35. The summed E-state index contributed by atoms with van der Waals surface area (Å²) in [6.07, 6.45) is 3.95. The Balaban J connectivity index is 1.93. The molecule has 1 aromatic carbocycles. The smallest absolute Gasteiger partial charge is 0.331 e. The third kappa shape index (κ3) is 3.09. The summed E-state index contributed by atoms with van der Waals surface area (Å²) in [6.45, 7) is 3.54. The van der Waals surface area contributed by atoms with Crippen molar-refractivity contribution in [2.45, 2.75) is 6.54 Å². The maximum absolute atomic E-state index is 12.3. The van der Waals surface area contributed by atoms with E-state index in [0.29, 0.717) is 17.1 Å². The highest BCUT2D eigenvalue weighted by molar-refractivity contribution is 6.08. The lowest BCUT2D eigenvalue weighted by Gasteiger charge is -2.07. The number of carbonyl (C=O) groups is 1. The van der Waals surface area contributed by atoms with Gasteiger partial charge in [0.2, 0.25) is 12.7 Å². The average Bonchev–Trinajstić information content (AvgIpc) is 3.04. The topological polar surface area (TPSA) is 111 Å². The van der Waals surface area contributed by atoms with Crippen LogP contribution in [0, 0.1) is 0 Å². The van der Waals surface area contributed by atoms with E-state index in [2.05, 4.69) is 6.58 Å². The number of benzene rings is 1. The highest BCUT2D eigenvalue weighted by atomic mass is 16.7. The summed E-state index contributed by atoms with van der Waals surface area (Å²) in [5, 5.41) is 10.1. The van der Waals surface area contributed by atoms with Crippen molar-refractivity contribution < 1.29 is 19.4 Å². The van der Waals surface area contributed by atoms with Gasteiger partial charge in [0.15, 0.2) is 17.3 Å². The molecule has 0 saturated carbocycles. The number of nitrogens with one attached hydrogen (secondary N) is 1. The number of rotatable bonds is 5. The summed E-state index contributed by atoms with van der Waals surface area (Å²) in [6, 6.07) is 5.08. The van der Waals surface area contributed by atoms with Crippen molar-refractivity contribution in [2.75, 3.05) is 6.79 Å². The zero-order valence-corrected chi connectivity index (χ0v) is 13.0. The zero-order valence-electron chi connectivity index (χ0n) is 13.0. The minimum atomic E-state index is -0.955. The van der Waals surface area contributed by atoms with Crippen molar-refractivity contribution >= 4 is 11.9 Å². The number of H-pyrrole nitrogens is 1. The normalized spacial score (nSPS) is 12.5. The standard InChI is InChI=1S/C17H14N2O6/c1-2-7-19-16(22)14(15(21)18-17(19)23)11(20)5-3-10-4-6-12-13(8-10)25-9-24-12/h2-6,8,22H,1,7,9H2,(H,18,21,23)/b5-3+. The first-order valence-corrected chi connectivity index (χ1v) is 7.30. The molecule has 2 aromatic rings. The van der Waals surface area contributed by atoms with Gasteiger partial charge in [0.1, 0.15) is 5.56 Å². The number of allylic oxidation sites excluding steroid dienone is 2. The van der Waals surface area contributed by atoms with Crippen LogP contribution in [0.3, 0.4) is 0 Å². The van der Waals surface area contributed by atoms with Gasteiger partial charge in [-0.1, -0.05) is 18.2 Å². The minimum Gasteiger partial charge on any atom is -0.494 e. The molecule has 0 spiro atoms. The number of ether oxygens (including phenoxy) is 2. The quantitative estimate of drug-likeness (QED) is 0.477. The number of carbonyl (C=O) groups excluding carboxylic acids is 1. The molecule has 0 radical (unpaired) electrons. The van der Waals surface area contributed by atoms with Gasteiger partial charge in [-0.05, 0) is 23.8 Å². The van der Waals surface area contributed by atoms with Crippen LogP contribution >= 0.6 is 0 Å². The summed E-state index contributed by atoms with van der Waals surface area (Å²) in [5.74, 6) is -0.285. The molecular weight excluding hydrogens is 328 g/mol. The fraction of sp³-hybridized carbons (Fsp3) is 0.118. The SMILES string of the molecule is C=CCn1c(O)c(C(=O)/C=C/c2ccc3c(c2)OCO3)c(=O)[nH]c1=O. The Hall–Kier alpha value is -3.55. The van der Waals surface area contributed by atoms with Gasteiger partial charge in [0.25, 0.3) is 5.56 Å². The average molecular weight is 342 g/mol. The molecule has 2 N–H and O–H groups in total. The highest BCUT2D eigenvalue weighted by Gasteiger charge is 2.19. The second-order valence-corrected chi connectivity index (χ2v) is 5.17. The van der Waals surface area contributed by atoms with Gasteiger partial charge >= 0.3 is 5.69 Å². The van der Waals surface area contributed by atoms with Crippen LogP contribution in [0.5, 0.6) is 17.4 Å². The van der Waals surface area contributed by atoms with E-state index in [1.165, 1.54) is 12.2 Å². The molecule has 2 heterocycles. The second kappa shape index (κ2) is 6.52. The van der Waals surface area contributed by atoms with Gasteiger partial charge in [0, 0.05) is 6.54 Å². The number of aromatic nitrogens is 2. The van der Waals surface area contributed by atoms with Gasteiger partial charge in [-0.2, -0.15) is 0 Å². The van der Waals surface area contributed by atoms with Crippen LogP contribution in [0.2, 0.25) is 0 Å². The predicted molar refractivity (Wildman–Crippen MR) is 89.1 cm³/mol. The number of hydrogen-bond acceptors (Lipinski definition) is 6. The van der Waals surface area contributed by atoms with E-state index >= 15 is 0 Å². The largest absolute Gasteiger partial charge is 0.494 e. The van der Waals surface area contributed by atoms with Gasteiger partial charge in [0.05, 0.1) is 0 Å². The Morgan fingerprint density at radius 3 is 2.84 bits per heavy atom. The van der Waals surface area contributed by atoms with Gasteiger partial charge in [-0.15, -0.1) is 6.58 Å². The Bertz CT molecular complexity index is 999. The summed E-state index contributed by atoms with van der Waals surface area (Å²) < 4.78 is 11.3. The Morgan fingerprint density at radius 1 is 1.32 bits per heavy atom. The van der Waals surface area contributed by atoms with Crippen molar-refractivity contribution in [2.24, 2.45) is 0 Å². The third-order valence-corrected chi connectivity index (χ3v) is 3.55. The lowest BCUT2D eigenvalue weighted by molar-refractivity contribution is 0.104. The first-order chi connectivity index (χ1) is 12.0. The highest BCUT2D eigenvalue weighted by Crippen LogP contribution is 2.32. The predicted octanol–water partition coefficient (Wildman–Crippen LogP) is 1.05. The molecule has 128 valence electrons. The van der Waals surface area contributed by atoms with Crippen LogP contribution in [-0.2, 0) is 6.54 Å². The van der Waals surface area contributed by atoms with Gasteiger partial charge in [-0.3, -0.25) is 19.1 Å². The first kappa shape index (κ1) is 16.3. The van der Waals surface area contributed by atoms with E-state index in [1.54, 1.807) is 18.2 Å². The number of ketones is 1. The van der Waals surface area contributed by atoms with E-state index in [4.69, 9.17) is 9.47 Å². The second-order valence-electron chi connectivity index (χ2n) is 5.17. The van der Waals surface area contributed by atoms with Crippen LogP contribution in [0.25, 0.3) is 6.08 Å². The van der Waals surface area contributed by atoms with Crippen LogP contribution < -0.4 is 20.7 Å². The van der Waals surface area contributed by atoms with Crippen molar-refractivity contribution in [3.8, 4) is 17.4 Å². The van der Waals surface area contributed by atoms with E-state index < -0.39 is 28.5 Å². The lowest BCUT2D eigenvalue weighted by atomic mass is 10.1. The molecule has 0 amide bonds. The van der Waals surface area contributed by atoms with Crippen molar-refractivity contribution in [1.82, 2.24) is 9.55 Å². The molecule has 0 fully saturated rings. The fourth-order valence-electron chi connectivity index (χ4n) is 2.35. The molecule has 0 unspecified atom stereocenters. The molecule has 0 saturated heterocycles. The molecule has 1 aromatic heterocycles. The van der Waals surface area contributed by atoms with Crippen LogP contribution in [0.15, 0.2) is 46.5 Å². The van der Waals surface area contributed by atoms with E-state index in [-0.39, 0.29) is 13.3 Å². The molecule has 8 heteroatoms. The Labute approximate surface area is 141 Å². The summed E-state index contributed by atoms with van der Waals surface area (Å²) in [4.78, 5) is 37.8. The Morgan fingerprint density at radius 2 is 2.08 bits per heavy atom. The molecule has 0 bridgehead atoms. The molecular formula is C17H14N2O6. The van der Waals surface area contributed by atoms with Crippen molar-refractivity contribution in [3.63, 3.8) is 0 Å². The zero-order chi connectivity index (χ0) is 18.0. The summed E-state index contributed by atoms with van der Waals surface area (Å²) >= 11 is 0.